The molecule has 2 aromatic rings. The van der Waals surface area contributed by atoms with E-state index < -0.39 is 0 Å². The molecule has 0 fully saturated rings. The van der Waals surface area contributed by atoms with Crippen molar-refractivity contribution in [3.63, 3.8) is 0 Å². The number of pyridine rings is 1. The van der Waals surface area contributed by atoms with Crippen LogP contribution >= 0.6 is 15.9 Å². The summed E-state index contributed by atoms with van der Waals surface area (Å²) in [6.07, 6.45) is 1.52. The molecule has 0 spiro atoms. The summed E-state index contributed by atoms with van der Waals surface area (Å²) in [7, 11) is 0. The molecule has 5 heteroatoms. The van der Waals surface area contributed by atoms with E-state index in [1.54, 1.807) is 24.3 Å². The van der Waals surface area contributed by atoms with Crippen LogP contribution in [0.25, 0.3) is 0 Å². The van der Waals surface area contributed by atoms with Crippen molar-refractivity contribution in [1.82, 2.24) is 4.98 Å². The summed E-state index contributed by atoms with van der Waals surface area (Å²) in [5, 5.41) is 8.92. The van der Waals surface area contributed by atoms with Gasteiger partial charge in [-0.05, 0) is 34.1 Å². The topological polar surface area (TPSA) is 42.4 Å². The molecule has 0 radical (unpaired) electrons. The highest BCUT2D eigenvalue weighted by Gasteiger charge is 2.03. The average Bonchev–Trinajstić information content (AvgIpc) is 2.34. The first-order chi connectivity index (χ1) is 8.19. The van der Waals surface area contributed by atoms with Crippen LogP contribution in [0.1, 0.15) is 5.69 Å². The second kappa shape index (κ2) is 5.25. The first-order valence-electron chi connectivity index (χ1n) is 4.88. The molecule has 1 aromatic carbocycles. The molecule has 0 aliphatic rings. The van der Waals surface area contributed by atoms with Gasteiger partial charge < -0.3 is 9.84 Å². The van der Waals surface area contributed by atoms with Crippen molar-refractivity contribution in [2.24, 2.45) is 0 Å². The molecule has 88 valence electrons. The molecule has 0 unspecified atom stereocenters. The molecule has 1 heterocycles. The molecule has 0 bridgehead atoms. The lowest BCUT2D eigenvalue weighted by molar-refractivity contribution is 0.276. The molecule has 0 amide bonds. The van der Waals surface area contributed by atoms with E-state index in [9.17, 15) is 4.39 Å². The zero-order valence-corrected chi connectivity index (χ0v) is 10.3. The molecule has 0 aliphatic carbocycles. The third-order valence-electron chi connectivity index (χ3n) is 2.08. The highest BCUT2D eigenvalue weighted by Crippen LogP contribution is 2.25. The lowest BCUT2D eigenvalue weighted by atomic mass is 10.3. The predicted molar refractivity (Wildman–Crippen MR) is 64.3 cm³/mol. The Morgan fingerprint density at radius 2 is 2.00 bits per heavy atom. The van der Waals surface area contributed by atoms with E-state index in [2.05, 4.69) is 20.9 Å². The van der Waals surface area contributed by atoms with Crippen molar-refractivity contribution < 1.29 is 14.2 Å². The SMILES string of the molecule is OCc1cc(Oc2ccc(Br)c(F)c2)ccn1. The molecule has 1 aromatic heterocycles. The number of halogens is 2. The normalized spacial score (nSPS) is 10.3. The zero-order valence-electron chi connectivity index (χ0n) is 8.73. The molecule has 1 N–H and O–H groups in total. The van der Waals surface area contributed by atoms with Crippen LogP contribution in [0.3, 0.4) is 0 Å². The predicted octanol–water partition coefficient (Wildman–Crippen LogP) is 3.27. The van der Waals surface area contributed by atoms with Crippen LogP contribution in [-0.4, -0.2) is 10.1 Å². The molecule has 2 rings (SSSR count). The number of aromatic nitrogens is 1. The fraction of sp³-hybridized carbons (Fsp3) is 0.0833. The van der Waals surface area contributed by atoms with Gasteiger partial charge in [-0.2, -0.15) is 0 Å². The van der Waals surface area contributed by atoms with Crippen LogP contribution in [0.15, 0.2) is 41.0 Å². The summed E-state index contributed by atoms with van der Waals surface area (Å²) < 4.78 is 19.1. The largest absolute Gasteiger partial charge is 0.457 e. The van der Waals surface area contributed by atoms with Crippen LogP contribution in [-0.2, 0) is 6.61 Å². The highest BCUT2D eigenvalue weighted by atomic mass is 79.9. The van der Waals surface area contributed by atoms with Gasteiger partial charge in [0.1, 0.15) is 17.3 Å². The lowest BCUT2D eigenvalue weighted by Gasteiger charge is -2.06. The number of hydrogen-bond donors (Lipinski definition) is 1. The Balaban J connectivity index is 2.22. The van der Waals surface area contributed by atoms with Crippen molar-refractivity contribution >= 4 is 15.9 Å². The molecule has 17 heavy (non-hydrogen) atoms. The van der Waals surface area contributed by atoms with Crippen LogP contribution in [0.4, 0.5) is 4.39 Å². The number of rotatable bonds is 3. The number of nitrogens with zero attached hydrogens (tertiary/aromatic N) is 1. The lowest BCUT2D eigenvalue weighted by Crippen LogP contribution is -1.91. The number of benzene rings is 1. The van der Waals surface area contributed by atoms with Crippen molar-refractivity contribution in [3.8, 4) is 11.5 Å². The van der Waals surface area contributed by atoms with Gasteiger partial charge in [0.15, 0.2) is 0 Å². The van der Waals surface area contributed by atoms with Crippen LogP contribution < -0.4 is 4.74 Å². The van der Waals surface area contributed by atoms with E-state index in [0.717, 1.165) is 0 Å². The molecule has 0 saturated heterocycles. The maximum Gasteiger partial charge on any atom is 0.141 e. The minimum atomic E-state index is -0.390. The summed E-state index contributed by atoms with van der Waals surface area (Å²) in [5.41, 5.74) is 0.500. The fourth-order valence-corrected chi connectivity index (χ4v) is 1.53. The summed E-state index contributed by atoms with van der Waals surface area (Å²) in [4.78, 5) is 3.92. The summed E-state index contributed by atoms with van der Waals surface area (Å²) in [5.74, 6) is 0.505. The van der Waals surface area contributed by atoms with Gasteiger partial charge in [-0.15, -0.1) is 0 Å². The summed E-state index contributed by atoms with van der Waals surface area (Å²) in [6.45, 7) is -0.161. The number of aliphatic hydroxyl groups is 1. The Labute approximate surface area is 106 Å². The molecule has 3 nitrogen and oxygen atoms in total. The van der Waals surface area contributed by atoms with Crippen LogP contribution in [0.5, 0.6) is 11.5 Å². The molecular formula is C12H9BrFNO2. The van der Waals surface area contributed by atoms with Gasteiger partial charge in [0.2, 0.25) is 0 Å². The fourth-order valence-electron chi connectivity index (χ4n) is 1.28. The molecule has 0 aliphatic heterocycles. The molecule has 0 saturated carbocycles. The Hall–Kier alpha value is -1.46. The van der Waals surface area contributed by atoms with Crippen molar-refractivity contribution in [2.75, 3.05) is 0 Å². The first kappa shape index (κ1) is 12.0. The molecule has 0 atom stereocenters. The third-order valence-corrected chi connectivity index (χ3v) is 2.72. The van der Waals surface area contributed by atoms with Crippen molar-refractivity contribution in [3.05, 3.63) is 52.5 Å². The number of hydrogen-bond acceptors (Lipinski definition) is 3. The number of aliphatic hydroxyl groups excluding tert-OH is 1. The Bertz CT molecular complexity index is 534. The monoisotopic (exact) mass is 297 g/mol. The Kier molecular flexibility index (Phi) is 3.71. The van der Waals surface area contributed by atoms with E-state index in [0.29, 0.717) is 21.7 Å². The number of ether oxygens (including phenoxy) is 1. The highest BCUT2D eigenvalue weighted by molar-refractivity contribution is 9.10. The van der Waals surface area contributed by atoms with Crippen molar-refractivity contribution in [1.29, 1.82) is 0 Å². The van der Waals surface area contributed by atoms with Gasteiger partial charge in [-0.25, -0.2) is 4.39 Å². The van der Waals surface area contributed by atoms with E-state index >= 15 is 0 Å². The third kappa shape index (κ3) is 3.01. The van der Waals surface area contributed by atoms with E-state index in [4.69, 9.17) is 9.84 Å². The van der Waals surface area contributed by atoms with Crippen LogP contribution in [0, 0.1) is 5.82 Å². The first-order valence-corrected chi connectivity index (χ1v) is 5.67. The Morgan fingerprint density at radius 1 is 1.24 bits per heavy atom. The van der Waals surface area contributed by atoms with E-state index in [1.807, 2.05) is 0 Å². The zero-order chi connectivity index (χ0) is 12.3. The average molecular weight is 298 g/mol. The van der Waals surface area contributed by atoms with Gasteiger partial charge in [0.05, 0.1) is 16.8 Å². The maximum atomic E-state index is 13.2. The minimum absolute atomic E-state index is 0.161. The summed E-state index contributed by atoms with van der Waals surface area (Å²) in [6, 6.07) is 7.73. The van der Waals surface area contributed by atoms with Crippen LogP contribution in [0.2, 0.25) is 0 Å². The smallest absolute Gasteiger partial charge is 0.141 e. The second-order valence-corrected chi connectivity index (χ2v) is 4.17. The van der Waals surface area contributed by atoms with Gasteiger partial charge >= 0.3 is 0 Å². The summed E-state index contributed by atoms with van der Waals surface area (Å²) >= 11 is 3.06. The maximum absolute atomic E-state index is 13.2. The van der Waals surface area contributed by atoms with Crippen molar-refractivity contribution in [2.45, 2.75) is 6.61 Å². The van der Waals surface area contributed by atoms with Gasteiger partial charge in [-0.1, -0.05) is 0 Å². The van der Waals surface area contributed by atoms with Gasteiger partial charge in [0.25, 0.3) is 0 Å². The quantitative estimate of drug-likeness (QED) is 0.945. The van der Waals surface area contributed by atoms with E-state index in [-0.39, 0.29) is 12.4 Å². The Morgan fingerprint density at radius 3 is 2.71 bits per heavy atom. The van der Waals surface area contributed by atoms with Gasteiger partial charge in [-0.3, -0.25) is 4.98 Å². The van der Waals surface area contributed by atoms with Gasteiger partial charge in [0, 0.05) is 18.3 Å². The van der Waals surface area contributed by atoms with E-state index in [1.165, 1.54) is 12.3 Å². The second-order valence-electron chi connectivity index (χ2n) is 3.32. The molecular weight excluding hydrogens is 289 g/mol. The standard InChI is InChI=1S/C12H9BrFNO2/c13-11-2-1-9(6-12(11)14)17-10-3-4-15-8(5-10)7-16/h1-6,16H,7H2. The minimum Gasteiger partial charge on any atom is -0.457 e.